The number of hydrogen-bond acceptors (Lipinski definition) is 0. The molecule has 0 N–H and O–H groups in total. The van der Waals surface area contributed by atoms with Gasteiger partial charge in [-0.2, -0.15) is 0 Å². The Hall–Kier alpha value is -1.56. The van der Waals surface area contributed by atoms with E-state index < -0.39 is 0 Å². The second-order valence-electron chi connectivity index (χ2n) is 3.52. The molecule has 1 aromatic rings. The molecule has 0 bridgehead atoms. The van der Waals surface area contributed by atoms with Gasteiger partial charge in [0.15, 0.2) is 0 Å². The van der Waals surface area contributed by atoms with Gasteiger partial charge in [0.1, 0.15) is 0 Å². The van der Waals surface area contributed by atoms with Crippen LogP contribution in [0.4, 0.5) is 0 Å². The normalized spacial score (nSPS) is 11.1. The van der Waals surface area contributed by atoms with Crippen LogP contribution < -0.4 is 0 Å². The van der Waals surface area contributed by atoms with Gasteiger partial charge in [-0.1, -0.05) is 60.7 Å². The number of aryl methyl sites for hydroxylation is 1. The Labute approximate surface area is 86.3 Å². The highest BCUT2D eigenvalue weighted by Crippen LogP contribution is 2.17. The van der Waals surface area contributed by atoms with Crippen molar-refractivity contribution in [3.8, 4) is 0 Å². The zero-order valence-electron chi connectivity index (χ0n) is 8.88. The Morgan fingerprint density at radius 3 is 2.21 bits per heavy atom. The summed E-state index contributed by atoms with van der Waals surface area (Å²) in [6.45, 7) is 11.7. The molecule has 14 heavy (non-hydrogen) atoms. The minimum Gasteiger partial charge on any atom is -0.0984 e. The Bertz CT molecular complexity index is 364. The summed E-state index contributed by atoms with van der Waals surface area (Å²) in [5, 5.41) is 0. The Balaban J connectivity index is 3.07. The van der Waals surface area contributed by atoms with Crippen molar-refractivity contribution >= 4 is 5.57 Å². The molecule has 0 unspecified atom stereocenters. The molecule has 0 heteroatoms. The van der Waals surface area contributed by atoms with Gasteiger partial charge in [0, 0.05) is 0 Å². The van der Waals surface area contributed by atoms with Gasteiger partial charge >= 0.3 is 0 Å². The summed E-state index contributed by atoms with van der Waals surface area (Å²) in [6.07, 6.45) is 3.90. The molecular formula is C14H16. The lowest BCUT2D eigenvalue weighted by Crippen LogP contribution is -1.81. The second-order valence-corrected chi connectivity index (χ2v) is 3.52. The maximum absolute atomic E-state index is 3.86. The summed E-state index contributed by atoms with van der Waals surface area (Å²) in [7, 11) is 0. The summed E-state index contributed by atoms with van der Waals surface area (Å²) < 4.78 is 0. The molecule has 0 atom stereocenters. The van der Waals surface area contributed by atoms with E-state index in [1.807, 2.05) is 19.1 Å². The van der Waals surface area contributed by atoms with Crippen LogP contribution in [0.1, 0.15) is 18.1 Å². The smallest absolute Gasteiger partial charge is 0.0184 e. The quantitative estimate of drug-likeness (QED) is 0.619. The maximum atomic E-state index is 3.86. The largest absolute Gasteiger partial charge is 0.0984 e. The molecule has 0 saturated heterocycles. The lowest BCUT2D eigenvalue weighted by Gasteiger charge is -2.02. The lowest BCUT2D eigenvalue weighted by molar-refractivity contribution is 1.45. The molecule has 0 nitrogen and oxygen atoms in total. The lowest BCUT2D eigenvalue weighted by atomic mass is 10.0. The Morgan fingerprint density at radius 1 is 1.21 bits per heavy atom. The molecule has 0 radical (unpaired) electrons. The standard InChI is InChI=1S/C14H16/c1-5-13(10-11(2)3)14-8-6-12(4)7-9-14/h5-10H,1-2H2,3-4H3/b13-10+. The highest BCUT2D eigenvalue weighted by Gasteiger charge is 1.96. The van der Waals surface area contributed by atoms with Crippen LogP contribution in [0.15, 0.2) is 55.1 Å². The molecule has 0 aromatic heterocycles. The average molecular weight is 184 g/mol. The predicted molar refractivity (Wildman–Crippen MR) is 64.2 cm³/mol. The van der Waals surface area contributed by atoms with Gasteiger partial charge in [-0.3, -0.25) is 0 Å². The first-order chi connectivity index (χ1) is 6.63. The molecule has 0 aliphatic carbocycles. The average Bonchev–Trinajstić information content (AvgIpc) is 2.15. The van der Waals surface area contributed by atoms with Crippen molar-refractivity contribution in [1.82, 2.24) is 0 Å². The van der Waals surface area contributed by atoms with E-state index in [2.05, 4.69) is 44.3 Å². The van der Waals surface area contributed by atoms with Crippen LogP contribution in [0.3, 0.4) is 0 Å². The molecule has 1 rings (SSSR count). The molecule has 0 spiro atoms. The summed E-state index contributed by atoms with van der Waals surface area (Å²) in [4.78, 5) is 0. The minimum atomic E-state index is 1.04. The van der Waals surface area contributed by atoms with Crippen molar-refractivity contribution in [2.45, 2.75) is 13.8 Å². The molecule has 0 aliphatic heterocycles. The topological polar surface area (TPSA) is 0 Å². The molecule has 0 amide bonds. The van der Waals surface area contributed by atoms with Gasteiger partial charge in [-0.15, -0.1) is 0 Å². The van der Waals surface area contributed by atoms with Crippen LogP contribution in [0.2, 0.25) is 0 Å². The molecule has 1 aromatic carbocycles. The Morgan fingerprint density at radius 2 is 1.79 bits per heavy atom. The van der Waals surface area contributed by atoms with Crippen LogP contribution >= 0.6 is 0 Å². The zero-order valence-corrected chi connectivity index (χ0v) is 8.88. The summed E-state index contributed by atoms with van der Waals surface area (Å²) in [5.41, 5.74) is 4.62. The van der Waals surface area contributed by atoms with Crippen LogP contribution in [-0.4, -0.2) is 0 Å². The van der Waals surface area contributed by atoms with Crippen molar-refractivity contribution in [2.75, 3.05) is 0 Å². The fourth-order valence-electron chi connectivity index (χ4n) is 1.27. The molecular weight excluding hydrogens is 168 g/mol. The first kappa shape index (κ1) is 10.5. The monoisotopic (exact) mass is 184 g/mol. The first-order valence-electron chi connectivity index (χ1n) is 4.70. The van der Waals surface area contributed by atoms with E-state index in [4.69, 9.17) is 0 Å². The number of allylic oxidation sites excluding steroid dienone is 4. The van der Waals surface area contributed by atoms with Gasteiger partial charge < -0.3 is 0 Å². The third-order valence-corrected chi connectivity index (χ3v) is 2.01. The summed E-state index contributed by atoms with van der Waals surface area (Å²) in [6, 6.07) is 8.41. The van der Waals surface area contributed by atoms with E-state index in [-0.39, 0.29) is 0 Å². The molecule has 0 fully saturated rings. The molecule has 0 saturated carbocycles. The molecule has 0 aliphatic rings. The van der Waals surface area contributed by atoms with Crippen molar-refractivity contribution < 1.29 is 0 Å². The van der Waals surface area contributed by atoms with Gasteiger partial charge in [0.2, 0.25) is 0 Å². The van der Waals surface area contributed by atoms with E-state index in [0.29, 0.717) is 0 Å². The zero-order chi connectivity index (χ0) is 10.6. The summed E-state index contributed by atoms with van der Waals surface area (Å²) in [5.74, 6) is 0. The minimum absolute atomic E-state index is 1.04. The SMILES string of the molecule is C=C/C(=C\C(=C)C)c1ccc(C)cc1. The maximum Gasteiger partial charge on any atom is -0.0184 e. The van der Waals surface area contributed by atoms with Crippen molar-refractivity contribution in [3.05, 3.63) is 66.3 Å². The van der Waals surface area contributed by atoms with E-state index >= 15 is 0 Å². The van der Waals surface area contributed by atoms with Gasteiger partial charge in [-0.05, 0) is 25.0 Å². The van der Waals surface area contributed by atoms with Gasteiger partial charge in [0.25, 0.3) is 0 Å². The second kappa shape index (κ2) is 4.61. The van der Waals surface area contributed by atoms with E-state index in [1.54, 1.807) is 0 Å². The summed E-state index contributed by atoms with van der Waals surface area (Å²) >= 11 is 0. The highest BCUT2D eigenvalue weighted by molar-refractivity contribution is 5.75. The fourth-order valence-corrected chi connectivity index (χ4v) is 1.27. The van der Waals surface area contributed by atoms with Crippen LogP contribution in [-0.2, 0) is 0 Å². The first-order valence-corrected chi connectivity index (χ1v) is 4.70. The van der Waals surface area contributed by atoms with E-state index in [0.717, 1.165) is 11.1 Å². The van der Waals surface area contributed by atoms with Crippen LogP contribution in [0, 0.1) is 6.92 Å². The molecule has 0 heterocycles. The van der Waals surface area contributed by atoms with E-state index in [1.165, 1.54) is 11.1 Å². The third kappa shape index (κ3) is 2.74. The molecule has 72 valence electrons. The van der Waals surface area contributed by atoms with Gasteiger partial charge in [-0.25, -0.2) is 0 Å². The fraction of sp³-hybridized carbons (Fsp3) is 0.143. The number of hydrogen-bond donors (Lipinski definition) is 0. The van der Waals surface area contributed by atoms with Crippen molar-refractivity contribution in [2.24, 2.45) is 0 Å². The van der Waals surface area contributed by atoms with Crippen molar-refractivity contribution in [1.29, 1.82) is 0 Å². The van der Waals surface area contributed by atoms with E-state index in [9.17, 15) is 0 Å². The van der Waals surface area contributed by atoms with Crippen LogP contribution in [0.5, 0.6) is 0 Å². The van der Waals surface area contributed by atoms with Gasteiger partial charge in [0.05, 0.1) is 0 Å². The number of rotatable bonds is 3. The van der Waals surface area contributed by atoms with Crippen LogP contribution in [0.25, 0.3) is 5.57 Å². The Kier molecular flexibility index (Phi) is 3.47. The predicted octanol–water partition coefficient (Wildman–Crippen LogP) is 4.14. The highest BCUT2D eigenvalue weighted by atomic mass is 14.0. The van der Waals surface area contributed by atoms with Crippen molar-refractivity contribution in [3.63, 3.8) is 0 Å². The third-order valence-electron chi connectivity index (χ3n) is 2.01. The number of benzene rings is 1.